The van der Waals surface area contributed by atoms with E-state index < -0.39 is 0 Å². The van der Waals surface area contributed by atoms with Crippen molar-refractivity contribution >= 4 is 16.6 Å². The molecular weight excluding hydrogens is 264 g/mol. The van der Waals surface area contributed by atoms with Crippen LogP contribution in [0, 0.1) is 11.3 Å². The van der Waals surface area contributed by atoms with Gasteiger partial charge in [-0.25, -0.2) is 4.98 Å². The minimum atomic E-state index is 0.209. The number of fused-ring (bicyclic) bond motifs is 2. The van der Waals surface area contributed by atoms with Gasteiger partial charge in [0, 0.05) is 18.1 Å². The first-order valence-electron chi connectivity index (χ1n) is 7.39. The maximum absolute atomic E-state index is 5.47. The number of hydrogen-bond donors (Lipinski definition) is 1. The number of pyridine rings is 1. The summed E-state index contributed by atoms with van der Waals surface area (Å²) >= 11 is 0. The first kappa shape index (κ1) is 14.0. The van der Waals surface area contributed by atoms with Gasteiger partial charge < -0.3 is 14.8 Å². The highest BCUT2D eigenvalue weighted by Crippen LogP contribution is 2.38. The first-order chi connectivity index (χ1) is 9.97. The molecule has 1 aromatic heterocycles. The third-order valence-electron chi connectivity index (χ3n) is 4.53. The van der Waals surface area contributed by atoms with Crippen molar-refractivity contribution in [3.63, 3.8) is 0 Å². The molecule has 1 aliphatic rings. The normalized spacial score (nSPS) is 14.0. The summed E-state index contributed by atoms with van der Waals surface area (Å²) in [5.74, 6) is 3.10. The lowest BCUT2D eigenvalue weighted by molar-refractivity contribution is 0.174. The molecule has 1 aromatic carbocycles. The quantitative estimate of drug-likeness (QED) is 0.920. The van der Waals surface area contributed by atoms with Crippen LogP contribution in [0.5, 0.6) is 11.5 Å². The third-order valence-corrected chi connectivity index (χ3v) is 4.53. The highest BCUT2D eigenvalue weighted by molar-refractivity contribution is 5.94. The van der Waals surface area contributed by atoms with E-state index in [1.54, 1.807) is 0 Å². The fourth-order valence-corrected chi connectivity index (χ4v) is 2.22. The van der Waals surface area contributed by atoms with Crippen molar-refractivity contribution < 1.29 is 9.47 Å². The number of anilines is 1. The monoisotopic (exact) mass is 286 g/mol. The Hall–Kier alpha value is -1.97. The van der Waals surface area contributed by atoms with Gasteiger partial charge in [-0.05, 0) is 34.9 Å². The van der Waals surface area contributed by atoms with Gasteiger partial charge in [0.25, 0.3) is 0 Å². The second-order valence-corrected chi connectivity index (χ2v) is 6.58. The number of nitrogens with zero attached hydrogens (tertiary/aromatic N) is 1. The minimum Gasteiger partial charge on any atom is -0.454 e. The molecular formula is C17H22N2O2. The summed E-state index contributed by atoms with van der Waals surface area (Å²) in [7, 11) is 0. The summed E-state index contributed by atoms with van der Waals surface area (Å²) in [6.07, 6.45) is 1.83. The van der Waals surface area contributed by atoms with E-state index in [0.29, 0.717) is 12.7 Å². The van der Waals surface area contributed by atoms with Gasteiger partial charge in [0.15, 0.2) is 11.5 Å². The summed E-state index contributed by atoms with van der Waals surface area (Å²) in [5, 5.41) is 5.67. The lowest BCUT2D eigenvalue weighted by atomic mass is 9.81. The maximum atomic E-state index is 5.47. The van der Waals surface area contributed by atoms with Crippen LogP contribution in [0.4, 0.5) is 5.82 Å². The molecule has 0 saturated carbocycles. The van der Waals surface area contributed by atoms with Crippen LogP contribution in [0.3, 0.4) is 0 Å². The summed E-state index contributed by atoms with van der Waals surface area (Å²) in [5.41, 5.74) is 0.209. The average molecular weight is 286 g/mol. The number of ether oxygens (including phenoxy) is 2. The molecule has 2 heterocycles. The molecule has 0 fully saturated rings. The van der Waals surface area contributed by atoms with Crippen LogP contribution in [0.25, 0.3) is 10.8 Å². The second-order valence-electron chi connectivity index (χ2n) is 6.58. The predicted octanol–water partition coefficient (Wildman–Crippen LogP) is 4.06. The third kappa shape index (κ3) is 2.62. The lowest BCUT2D eigenvalue weighted by Crippen LogP contribution is -2.28. The van der Waals surface area contributed by atoms with Gasteiger partial charge in [0.2, 0.25) is 6.79 Å². The van der Waals surface area contributed by atoms with Crippen molar-refractivity contribution in [2.45, 2.75) is 27.7 Å². The van der Waals surface area contributed by atoms with E-state index in [2.05, 4.69) is 38.0 Å². The standard InChI is InChI=1S/C17H22N2O2/c1-11(2)17(3,4)9-19-16-13-8-15-14(20-10-21-15)7-12(13)5-6-18-16/h5-8,11H,9-10H2,1-4H3,(H,18,19). The molecule has 0 aliphatic carbocycles. The number of aromatic nitrogens is 1. The van der Waals surface area contributed by atoms with Crippen molar-refractivity contribution in [2.75, 3.05) is 18.7 Å². The van der Waals surface area contributed by atoms with E-state index in [-0.39, 0.29) is 5.41 Å². The molecule has 21 heavy (non-hydrogen) atoms. The summed E-state index contributed by atoms with van der Waals surface area (Å²) < 4.78 is 10.9. The molecule has 2 aromatic rings. The largest absolute Gasteiger partial charge is 0.454 e. The van der Waals surface area contributed by atoms with Crippen LogP contribution >= 0.6 is 0 Å². The van der Waals surface area contributed by atoms with Gasteiger partial charge in [0.1, 0.15) is 5.82 Å². The van der Waals surface area contributed by atoms with E-state index in [0.717, 1.165) is 34.6 Å². The zero-order valence-electron chi connectivity index (χ0n) is 13.1. The molecule has 0 amide bonds. The van der Waals surface area contributed by atoms with Crippen molar-refractivity contribution in [2.24, 2.45) is 11.3 Å². The van der Waals surface area contributed by atoms with Crippen LogP contribution in [-0.2, 0) is 0 Å². The van der Waals surface area contributed by atoms with E-state index >= 15 is 0 Å². The molecule has 0 spiro atoms. The molecule has 112 valence electrons. The van der Waals surface area contributed by atoms with Gasteiger partial charge in [-0.3, -0.25) is 0 Å². The zero-order chi connectivity index (χ0) is 15.0. The van der Waals surface area contributed by atoms with Crippen molar-refractivity contribution in [1.82, 2.24) is 4.98 Å². The SMILES string of the molecule is CC(C)C(C)(C)CNc1nccc2cc3c(cc12)OCO3. The van der Waals surface area contributed by atoms with E-state index in [9.17, 15) is 0 Å². The van der Waals surface area contributed by atoms with Crippen LogP contribution in [0.2, 0.25) is 0 Å². The highest BCUT2D eigenvalue weighted by atomic mass is 16.7. The number of nitrogens with one attached hydrogen (secondary N) is 1. The molecule has 0 atom stereocenters. The smallest absolute Gasteiger partial charge is 0.231 e. The van der Waals surface area contributed by atoms with Crippen LogP contribution in [0.15, 0.2) is 24.4 Å². The van der Waals surface area contributed by atoms with Crippen LogP contribution in [0.1, 0.15) is 27.7 Å². The molecule has 4 heteroatoms. The van der Waals surface area contributed by atoms with Gasteiger partial charge in [-0.15, -0.1) is 0 Å². The molecule has 0 radical (unpaired) electrons. The summed E-state index contributed by atoms with van der Waals surface area (Å²) in [6.45, 7) is 10.2. The fourth-order valence-electron chi connectivity index (χ4n) is 2.22. The Labute approximate surface area is 125 Å². The molecule has 0 saturated heterocycles. The Bertz CT molecular complexity index is 665. The van der Waals surface area contributed by atoms with Crippen molar-refractivity contribution in [1.29, 1.82) is 0 Å². The van der Waals surface area contributed by atoms with Crippen molar-refractivity contribution in [3.8, 4) is 11.5 Å². The van der Waals surface area contributed by atoms with E-state index in [1.165, 1.54) is 0 Å². The fraction of sp³-hybridized carbons (Fsp3) is 0.471. The Morgan fingerprint density at radius 3 is 2.67 bits per heavy atom. The Morgan fingerprint density at radius 1 is 1.24 bits per heavy atom. The van der Waals surface area contributed by atoms with Gasteiger partial charge in [-0.1, -0.05) is 27.7 Å². The van der Waals surface area contributed by atoms with Gasteiger partial charge in [-0.2, -0.15) is 0 Å². The number of benzene rings is 1. The van der Waals surface area contributed by atoms with Gasteiger partial charge >= 0.3 is 0 Å². The van der Waals surface area contributed by atoms with Gasteiger partial charge in [0.05, 0.1) is 0 Å². The van der Waals surface area contributed by atoms with Crippen LogP contribution in [-0.4, -0.2) is 18.3 Å². The zero-order valence-corrected chi connectivity index (χ0v) is 13.1. The van der Waals surface area contributed by atoms with E-state index in [1.807, 2.05) is 24.4 Å². The Kier molecular flexibility index (Phi) is 3.40. The number of hydrogen-bond acceptors (Lipinski definition) is 4. The molecule has 4 nitrogen and oxygen atoms in total. The maximum Gasteiger partial charge on any atom is 0.231 e. The molecule has 0 bridgehead atoms. The Balaban J connectivity index is 1.92. The predicted molar refractivity (Wildman–Crippen MR) is 85.0 cm³/mol. The number of rotatable bonds is 4. The first-order valence-corrected chi connectivity index (χ1v) is 7.39. The molecule has 3 rings (SSSR count). The highest BCUT2D eigenvalue weighted by Gasteiger charge is 2.23. The van der Waals surface area contributed by atoms with E-state index in [4.69, 9.17) is 9.47 Å². The van der Waals surface area contributed by atoms with Crippen LogP contribution < -0.4 is 14.8 Å². The summed E-state index contributed by atoms with van der Waals surface area (Å²) in [6, 6.07) is 6.02. The summed E-state index contributed by atoms with van der Waals surface area (Å²) in [4.78, 5) is 4.49. The topological polar surface area (TPSA) is 43.4 Å². The molecule has 1 N–H and O–H groups in total. The minimum absolute atomic E-state index is 0.209. The molecule has 1 aliphatic heterocycles. The lowest BCUT2D eigenvalue weighted by Gasteiger charge is -2.29. The molecule has 0 unspecified atom stereocenters. The second kappa shape index (κ2) is 5.10. The van der Waals surface area contributed by atoms with Crippen molar-refractivity contribution in [3.05, 3.63) is 24.4 Å². The Morgan fingerprint density at radius 2 is 1.95 bits per heavy atom. The average Bonchev–Trinajstić information content (AvgIpc) is 2.89.